The molecule has 1 aromatic rings. The number of halogens is 6. The minimum Gasteiger partial charge on any atom is -0.401 e. The molecule has 1 amide bonds. The quantitative estimate of drug-likeness (QED) is 0.478. The first kappa shape index (κ1) is 23.8. The third kappa shape index (κ3) is 3.99. The summed E-state index contributed by atoms with van der Waals surface area (Å²) in [5, 5.41) is 20.1. The normalized spacial score (nSPS) is 27.4. The van der Waals surface area contributed by atoms with Gasteiger partial charge in [0.05, 0.1) is 11.1 Å². The van der Waals surface area contributed by atoms with Crippen molar-refractivity contribution in [3.05, 3.63) is 35.2 Å². The van der Waals surface area contributed by atoms with E-state index in [-0.39, 0.29) is 31.7 Å². The molecule has 2 aliphatic heterocycles. The molecule has 3 heterocycles. The van der Waals surface area contributed by atoms with Crippen molar-refractivity contribution < 1.29 is 41.4 Å². The highest BCUT2D eigenvalue weighted by Crippen LogP contribution is 2.43. The number of rotatable bonds is 2. The molecule has 2 aliphatic rings. The van der Waals surface area contributed by atoms with Gasteiger partial charge in [0.2, 0.25) is 5.60 Å². The minimum atomic E-state index is -5.48. The molecule has 14 heteroatoms. The minimum absolute atomic E-state index is 0.142. The zero-order valence-corrected chi connectivity index (χ0v) is 16.3. The summed E-state index contributed by atoms with van der Waals surface area (Å²) in [7, 11) is 0. The number of aliphatic hydroxyl groups is 2. The second kappa shape index (κ2) is 7.92. The molecule has 2 atom stereocenters. The molecule has 1 aromatic heterocycles. The van der Waals surface area contributed by atoms with E-state index in [9.17, 15) is 41.4 Å². The van der Waals surface area contributed by atoms with E-state index in [0.717, 1.165) is 6.07 Å². The third-order valence-electron chi connectivity index (χ3n) is 5.55. The number of alkyl halides is 6. The maximum absolute atomic E-state index is 13.6. The van der Waals surface area contributed by atoms with E-state index in [1.54, 1.807) is 4.90 Å². The molecule has 0 bridgehead atoms. The largest absolute Gasteiger partial charge is 0.424 e. The summed E-state index contributed by atoms with van der Waals surface area (Å²) in [6.07, 6.45) is -12.0. The van der Waals surface area contributed by atoms with Crippen molar-refractivity contribution in [2.45, 2.75) is 36.9 Å². The maximum atomic E-state index is 13.6. The van der Waals surface area contributed by atoms with Gasteiger partial charge in [0.1, 0.15) is 11.7 Å². The molecule has 0 aliphatic carbocycles. The summed E-state index contributed by atoms with van der Waals surface area (Å²) >= 11 is 0. The van der Waals surface area contributed by atoms with Gasteiger partial charge in [-0.1, -0.05) is 0 Å². The molecular weight excluding hydrogens is 448 g/mol. The second-order valence-corrected chi connectivity index (χ2v) is 7.50. The maximum Gasteiger partial charge on any atom is 0.424 e. The molecule has 0 aromatic carbocycles. The number of aromatic nitrogens is 1. The molecule has 0 radical (unpaired) electrons. The van der Waals surface area contributed by atoms with Crippen LogP contribution in [0, 0.1) is 5.92 Å². The van der Waals surface area contributed by atoms with Crippen LogP contribution in [0.2, 0.25) is 0 Å². The van der Waals surface area contributed by atoms with Gasteiger partial charge in [0.25, 0.3) is 5.91 Å². The molecule has 0 saturated carbocycles. The lowest BCUT2D eigenvalue weighted by Gasteiger charge is -2.40. The van der Waals surface area contributed by atoms with Crippen LogP contribution in [0.25, 0.3) is 0 Å². The first-order valence-corrected chi connectivity index (χ1v) is 9.31. The first-order valence-electron chi connectivity index (χ1n) is 9.31. The summed E-state index contributed by atoms with van der Waals surface area (Å²) in [5.74, 6) is -3.08. The summed E-state index contributed by atoms with van der Waals surface area (Å²) in [6.45, 7) is 0.361. The number of hydrogen-bond acceptors (Lipinski definition) is 7. The zero-order valence-electron chi connectivity index (χ0n) is 16.3. The highest BCUT2D eigenvalue weighted by Gasteiger charge is 2.66. The van der Waals surface area contributed by atoms with Crippen LogP contribution < -0.4 is 16.4 Å². The second-order valence-electron chi connectivity index (χ2n) is 7.50. The van der Waals surface area contributed by atoms with Crippen molar-refractivity contribution in [1.29, 1.82) is 0 Å². The Balaban J connectivity index is 1.85. The van der Waals surface area contributed by atoms with Crippen LogP contribution in [0.4, 0.5) is 32.2 Å². The van der Waals surface area contributed by atoms with Crippen molar-refractivity contribution in [2.24, 2.45) is 22.4 Å². The standard InChI is InChI=1S/C18H19F6N5O3/c19-17(20,21)9-1-2-10(27-7-9)29-5-3-8(4-6-29)12(25)11-14(26)28-15(31)13(30)16(11,32)18(22,23)24/h1-2,7-8,13,30,32H,3-6,25H2,(H2,26,28,31). The Labute approximate surface area is 177 Å². The van der Waals surface area contributed by atoms with Gasteiger partial charge in [0, 0.05) is 30.9 Å². The lowest BCUT2D eigenvalue weighted by Crippen LogP contribution is -2.64. The van der Waals surface area contributed by atoms with E-state index >= 15 is 0 Å². The average Bonchev–Trinajstić information content (AvgIpc) is 2.71. The van der Waals surface area contributed by atoms with Gasteiger partial charge >= 0.3 is 12.4 Å². The fourth-order valence-electron chi connectivity index (χ4n) is 3.78. The molecule has 32 heavy (non-hydrogen) atoms. The molecule has 6 N–H and O–H groups in total. The van der Waals surface area contributed by atoms with E-state index < -0.39 is 58.6 Å². The van der Waals surface area contributed by atoms with Gasteiger partial charge in [-0.3, -0.25) is 4.79 Å². The van der Waals surface area contributed by atoms with Crippen molar-refractivity contribution >= 4 is 17.6 Å². The number of amidine groups is 1. The Kier molecular flexibility index (Phi) is 5.89. The zero-order chi connectivity index (χ0) is 24.1. The summed E-state index contributed by atoms with van der Waals surface area (Å²) in [5.41, 5.74) is 4.93. The number of aliphatic imine (C=N–C) groups is 1. The van der Waals surface area contributed by atoms with Gasteiger partial charge in [-0.15, -0.1) is 0 Å². The van der Waals surface area contributed by atoms with Gasteiger partial charge in [-0.25, -0.2) is 4.98 Å². The lowest BCUT2D eigenvalue weighted by atomic mass is 9.78. The van der Waals surface area contributed by atoms with Crippen molar-refractivity contribution in [3.8, 4) is 0 Å². The van der Waals surface area contributed by atoms with Crippen LogP contribution in [-0.2, 0) is 11.0 Å². The van der Waals surface area contributed by atoms with Crippen molar-refractivity contribution in [1.82, 2.24) is 4.98 Å². The van der Waals surface area contributed by atoms with Gasteiger partial charge in [-0.2, -0.15) is 31.3 Å². The Morgan fingerprint density at radius 1 is 1.16 bits per heavy atom. The van der Waals surface area contributed by atoms with Crippen LogP contribution >= 0.6 is 0 Å². The molecule has 1 fully saturated rings. The number of anilines is 1. The number of allylic oxidation sites excluding steroid dienone is 1. The Hall–Kier alpha value is -2.87. The number of piperidine rings is 1. The highest BCUT2D eigenvalue weighted by molar-refractivity contribution is 6.10. The van der Waals surface area contributed by atoms with Gasteiger partial charge < -0.3 is 26.6 Å². The molecule has 8 nitrogen and oxygen atoms in total. The summed E-state index contributed by atoms with van der Waals surface area (Å²) in [4.78, 5) is 20.1. The average molecular weight is 467 g/mol. The van der Waals surface area contributed by atoms with Crippen LogP contribution in [0.5, 0.6) is 0 Å². The molecule has 3 rings (SSSR count). The number of carbonyl (C=O) groups is 1. The number of nitrogens with two attached hydrogens (primary N) is 2. The molecule has 1 saturated heterocycles. The summed E-state index contributed by atoms with van der Waals surface area (Å²) in [6, 6.07) is 2.05. The molecule has 2 unspecified atom stereocenters. The predicted octanol–water partition coefficient (Wildman–Crippen LogP) is 1.08. The predicted molar refractivity (Wildman–Crippen MR) is 99.0 cm³/mol. The highest BCUT2D eigenvalue weighted by atomic mass is 19.4. The molecule has 0 spiro atoms. The van der Waals surface area contributed by atoms with E-state index in [0.29, 0.717) is 6.20 Å². The van der Waals surface area contributed by atoms with E-state index in [2.05, 4.69) is 9.98 Å². The fraction of sp³-hybridized carbons (Fsp3) is 0.500. The Morgan fingerprint density at radius 3 is 2.22 bits per heavy atom. The monoisotopic (exact) mass is 467 g/mol. The lowest BCUT2D eigenvalue weighted by molar-refractivity contribution is -0.268. The first-order chi connectivity index (χ1) is 14.7. The van der Waals surface area contributed by atoms with Crippen molar-refractivity contribution in [3.63, 3.8) is 0 Å². The SMILES string of the molecule is NC1=NC(=O)C(O)C(O)(C(F)(F)F)C1=C(N)C1CCN(c2ccc(C(F)(F)F)cn2)CC1. The van der Waals surface area contributed by atoms with E-state index in [4.69, 9.17) is 11.5 Å². The molecular formula is C18H19F6N5O3. The van der Waals surface area contributed by atoms with E-state index in [1.165, 1.54) is 6.07 Å². The fourth-order valence-corrected chi connectivity index (χ4v) is 3.78. The number of aliphatic hydroxyl groups excluding tert-OH is 1. The van der Waals surface area contributed by atoms with Gasteiger partial charge in [-0.05, 0) is 25.0 Å². The Morgan fingerprint density at radius 2 is 1.75 bits per heavy atom. The topological polar surface area (TPSA) is 138 Å². The van der Waals surface area contributed by atoms with Gasteiger partial charge in [0.15, 0.2) is 6.10 Å². The third-order valence-corrected chi connectivity index (χ3v) is 5.55. The molecule has 176 valence electrons. The number of hydrogen-bond donors (Lipinski definition) is 4. The summed E-state index contributed by atoms with van der Waals surface area (Å²) < 4.78 is 79.0. The number of amides is 1. The van der Waals surface area contributed by atoms with Crippen LogP contribution in [0.3, 0.4) is 0 Å². The van der Waals surface area contributed by atoms with Crippen LogP contribution in [-0.4, -0.2) is 57.9 Å². The van der Waals surface area contributed by atoms with E-state index in [1.807, 2.05) is 0 Å². The van der Waals surface area contributed by atoms with Crippen molar-refractivity contribution in [2.75, 3.05) is 18.0 Å². The number of carbonyl (C=O) groups excluding carboxylic acids is 1. The Bertz CT molecular complexity index is 951. The van der Waals surface area contributed by atoms with Crippen LogP contribution in [0.15, 0.2) is 34.6 Å². The number of pyridine rings is 1. The van der Waals surface area contributed by atoms with Crippen LogP contribution in [0.1, 0.15) is 18.4 Å². The smallest absolute Gasteiger partial charge is 0.401 e. The number of nitrogens with zero attached hydrogens (tertiary/aromatic N) is 3.